The number of aromatic hydroxyl groups is 5. The Balaban J connectivity index is 0.000000112. The number of benzene rings is 10. The third-order valence-corrected chi connectivity index (χ3v) is 18.6. The van der Waals surface area contributed by atoms with Crippen molar-refractivity contribution in [2.75, 3.05) is 0 Å². The molecule has 120 heavy (non-hydrogen) atoms. The lowest BCUT2D eigenvalue weighted by Gasteiger charge is -2.07. The highest BCUT2D eigenvalue weighted by atomic mass is 19.4. The molecule has 0 fully saturated rings. The number of alkyl halides is 6. The van der Waals surface area contributed by atoms with Crippen molar-refractivity contribution in [1.29, 1.82) is 10.5 Å². The van der Waals surface area contributed by atoms with Crippen LogP contribution in [0.2, 0.25) is 0 Å². The summed E-state index contributed by atoms with van der Waals surface area (Å²) < 4.78 is 93.0. The van der Waals surface area contributed by atoms with Gasteiger partial charge in [-0.15, -0.1) is 13.2 Å². The molecule has 0 aliphatic rings. The minimum atomic E-state index is -4.78. The average Bonchev–Trinajstić information content (AvgIpc) is 1.66. The third kappa shape index (κ3) is 16.0. The monoisotopic (exact) mass is 1610 g/mol. The number of aryl methyl sites for hydroxylation is 1. The van der Waals surface area contributed by atoms with Crippen molar-refractivity contribution < 1.29 is 61.0 Å². The second-order valence-corrected chi connectivity index (χ2v) is 26.5. The maximum atomic E-state index is 13.7. The summed E-state index contributed by atoms with van der Waals surface area (Å²) in [6, 6.07) is 70.8. The van der Waals surface area contributed by atoms with E-state index in [1.807, 2.05) is 153 Å². The molecule has 0 saturated carbocycles. The maximum Gasteiger partial charge on any atom is 0.573 e. The van der Waals surface area contributed by atoms with Crippen molar-refractivity contribution in [3.63, 3.8) is 0 Å². The molecule has 0 aliphatic heterocycles. The lowest BCUT2D eigenvalue weighted by molar-refractivity contribution is -0.274. The van der Waals surface area contributed by atoms with Crippen LogP contribution in [-0.4, -0.2) is 133 Å². The van der Waals surface area contributed by atoms with Crippen molar-refractivity contribution >= 4 is 55.2 Å². The predicted octanol–water partition coefficient (Wildman–Crippen LogP) is 18.7. The van der Waals surface area contributed by atoms with Crippen LogP contribution >= 0.6 is 0 Å². The molecule has 10 aromatic carbocycles. The van der Waals surface area contributed by atoms with Crippen LogP contribution in [0.4, 0.5) is 30.7 Å². The van der Waals surface area contributed by atoms with E-state index in [0.29, 0.717) is 113 Å². The Morgan fingerprint density at radius 1 is 0.333 bits per heavy atom. The fourth-order valence-corrected chi connectivity index (χ4v) is 12.8. The van der Waals surface area contributed by atoms with Crippen LogP contribution < -0.4 is 4.74 Å². The van der Waals surface area contributed by atoms with E-state index in [0.717, 1.165) is 50.9 Å². The normalized spacial score (nSPS) is 11.3. The van der Waals surface area contributed by atoms with Gasteiger partial charge in [0.25, 0.3) is 0 Å². The quantitative estimate of drug-likeness (QED) is 0.0535. The summed E-state index contributed by atoms with van der Waals surface area (Å²) in [6.07, 6.45) is -9.21. The highest BCUT2D eigenvalue weighted by molar-refractivity contribution is 5.89. The van der Waals surface area contributed by atoms with Gasteiger partial charge in [-0.25, -0.2) is 29.3 Å². The Morgan fingerprint density at radius 2 is 0.642 bits per heavy atom. The molecule has 15 N–H and O–H groups in total. The molecule has 0 radical (unpaired) electrons. The number of ether oxygens (including phenoxy) is 1. The van der Waals surface area contributed by atoms with E-state index in [1.54, 1.807) is 48.5 Å². The molecule has 20 aromatic rings. The van der Waals surface area contributed by atoms with Crippen LogP contribution in [0.15, 0.2) is 237 Å². The molecule has 28 nitrogen and oxygen atoms in total. The van der Waals surface area contributed by atoms with Gasteiger partial charge in [-0.1, -0.05) is 158 Å². The Hall–Kier alpha value is -17.1. The van der Waals surface area contributed by atoms with Crippen LogP contribution in [0.5, 0.6) is 34.5 Å². The fourth-order valence-electron chi connectivity index (χ4n) is 12.8. The molecule has 0 saturated heterocycles. The summed E-state index contributed by atoms with van der Waals surface area (Å²) >= 11 is 0. The highest BCUT2D eigenvalue weighted by Gasteiger charge is 2.33. The first-order valence-electron chi connectivity index (χ1n) is 35.9. The molecule has 0 atom stereocenters. The van der Waals surface area contributed by atoms with Gasteiger partial charge in [0, 0.05) is 39.9 Å². The van der Waals surface area contributed by atoms with Gasteiger partial charge in [-0.05, 0) is 79.2 Å². The number of halogens is 7. The van der Waals surface area contributed by atoms with E-state index in [1.165, 1.54) is 36.4 Å². The van der Waals surface area contributed by atoms with E-state index < -0.39 is 23.9 Å². The van der Waals surface area contributed by atoms with Gasteiger partial charge in [0.1, 0.15) is 74.6 Å². The van der Waals surface area contributed by atoms with Crippen LogP contribution in [0.3, 0.4) is 0 Å². The number of nitrogens with one attached hydrogen (secondary N) is 10. The zero-order chi connectivity index (χ0) is 83.5. The van der Waals surface area contributed by atoms with Crippen LogP contribution in [0.1, 0.15) is 22.3 Å². The first-order chi connectivity index (χ1) is 58.0. The minimum Gasteiger partial charge on any atom is -0.504 e. The van der Waals surface area contributed by atoms with Crippen LogP contribution in [-0.2, 0) is 6.18 Å². The Kier molecular flexibility index (Phi) is 20.5. The molecule has 0 unspecified atom stereocenters. The lowest BCUT2D eigenvalue weighted by Crippen LogP contribution is -2.16. The van der Waals surface area contributed by atoms with Crippen LogP contribution in [0, 0.1) is 35.4 Å². The van der Waals surface area contributed by atoms with E-state index in [9.17, 15) is 56.3 Å². The number of hydrogen-bond acceptors (Lipinski definition) is 18. The van der Waals surface area contributed by atoms with Crippen molar-refractivity contribution in [2.24, 2.45) is 0 Å². The van der Waals surface area contributed by atoms with Crippen LogP contribution in [0.25, 0.3) is 169 Å². The number of nitriles is 2. The molecule has 10 aromatic heterocycles. The molecule has 0 bridgehead atoms. The van der Waals surface area contributed by atoms with Gasteiger partial charge in [0.2, 0.25) is 0 Å². The largest absolute Gasteiger partial charge is 0.573 e. The zero-order valence-corrected chi connectivity index (χ0v) is 61.7. The molecular formula is C85H57F7N22O6. The van der Waals surface area contributed by atoms with E-state index in [4.69, 9.17) is 10.5 Å². The number of nitrogens with zero attached hydrogens (tertiary/aromatic N) is 12. The summed E-state index contributed by atoms with van der Waals surface area (Å²) in [4.78, 5) is 36.6. The second kappa shape index (κ2) is 32.0. The standard InChI is InChI=1S/C17H11F3N4O2.C17H11F3N4O.C17H10FN5O.C17H11N5O.C17H14N4O/c18-17(19,20)26-10-6-7-11-12(8-10)22-16(21-11)14-15(25)13(23-24-14)9-4-2-1-3-5-9;18-17(19,20)10-6-7-11-12(8-10)22-16(21-11)14-15(25)13(23-24-14)9-4-2-1-3-5-9;18-11-7-13-12(6-10(11)8-19)20-17(21-13)15-16(24)14(22-23-15)9-4-2-1-3-5-9;18-9-10-6-7-12-13(8-10)20-17(19-12)15-16(23)14(21-22-15)11-4-2-1-3-5-11;1-10-7-8-12-13(9-10)19-17(18-12)15-16(22)14(20-21-15)11-5-3-2-4-6-11/h1-8,25H,(H,21,22)(H,23,24);1-8,25H,(H,21,22)(H,23,24);1-7,24H,(H,20,21)(H,22,23);1-8,23H,(H,19,20)(H,21,22);2-9,22H,1H3,(H,18,19)(H,20,21). The lowest BCUT2D eigenvalue weighted by atomic mass is 10.1. The SMILES string of the molecule is Cc1ccc2nc(-c3[nH]nc(-c4ccccc4)c3O)[nH]c2c1.N#Cc1cc2nc(-c3[nH]nc(-c4ccccc4)c3O)[nH]c2cc1F.N#Cc1ccc2nc(-c3[nH]nc(-c4ccccc4)c3O)[nH]c2c1.Oc1c(-c2ccccc2)n[nH]c1-c1nc2ccc(C(F)(F)F)cc2[nH]1.Oc1c(-c2ccccc2)n[nH]c1-c1nc2ccc(OC(F)(F)F)cc2[nH]1. The number of imidazole rings is 5. The first kappa shape index (κ1) is 76.9. The Morgan fingerprint density at radius 3 is 0.983 bits per heavy atom. The second-order valence-electron chi connectivity index (χ2n) is 26.5. The summed E-state index contributed by atoms with van der Waals surface area (Å²) in [7, 11) is 0. The van der Waals surface area contributed by atoms with Crippen molar-refractivity contribution in [3.05, 3.63) is 265 Å². The maximum absolute atomic E-state index is 13.7. The number of aromatic amines is 10. The van der Waals surface area contributed by atoms with Crippen molar-refractivity contribution in [1.82, 2.24) is 101 Å². The number of rotatable bonds is 11. The first-order valence-corrected chi connectivity index (χ1v) is 35.9. The van der Waals surface area contributed by atoms with Crippen molar-refractivity contribution in [3.8, 4) is 161 Å². The van der Waals surface area contributed by atoms with Gasteiger partial charge < -0.3 is 55.2 Å². The number of aromatic nitrogens is 20. The van der Waals surface area contributed by atoms with Gasteiger partial charge in [-0.2, -0.15) is 49.2 Å². The van der Waals surface area contributed by atoms with Gasteiger partial charge >= 0.3 is 12.5 Å². The zero-order valence-electron chi connectivity index (χ0n) is 61.7. The summed E-state index contributed by atoms with van der Waals surface area (Å²) in [5.74, 6) is 0.680. The number of hydrogen-bond donors (Lipinski definition) is 15. The van der Waals surface area contributed by atoms with Crippen molar-refractivity contribution in [2.45, 2.75) is 19.5 Å². The molecule has 0 amide bonds. The molecule has 592 valence electrons. The fraction of sp³-hybridized carbons (Fsp3) is 0.0353. The Labute approximate surface area is 669 Å². The number of H-pyrrole nitrogens is 10. The smallest absolute Gasteiger partial charge is 0.504 e. The Bertz CT molecular complexity index is 7200. The molecule has 20 rings (SSSR count). The minimum absolute atomic E-state index is 0.0377. The molecule has 35 heteroatoms. The van der Waals surface area contributed by atoms with E-state index in [-0.39, 0.29) is 68.6 Å². The molecule has 10 heterocycles. The molecule has 0 aliphatic carbocycles. The molecular weight excluding hydrogens is 1560 g/mol. The number of fused-ring (bicyclic) bond motifs is 5. The average molecular weight is 1620 g/mol. The molecule has 0 spiro atoms. The summed E-state index contributed by atoms with van der Waals surface area (Å²) in [6.45, 7) is 2.03. The highest BCUT2D eigenvalue weighted by Crippen LogP contribution is 2.42. The predicted molar refractivity (Wildman–Crippen MR) is 430 cm³/mol. The van der Waals surface area contributed by atoms with E-state index in [2.05, 4.69) is 112 Å². The summed E-state index contributed by atoms with van der Waals surface area (Å²) in [5.41, 5.74) is 13.9. The van der Waals surface area contributed by atoms with E-state index >= 15 is 0 Å². The van der Waals surface area contributed by atoms with Gasteiger partial charge in [0.05, 0.1) is 77.9 Å². The third-order valence-electron chi connectivity index (χ3n) is 18.6. The van der Waals surface area contributed by atoms with Gasteiger partial charge in [-0.3, -0.25) is 25.5 Å². The summed E-state index contributed by atoms with van der Waals surface area (Å²) in [5, 5.41) is 105. The topological polar surface area (TPSA) is 445 Å². The van der Waals surface area contributed by atoms with Gasteiger partial charge in [0.15, 0.2) is 57.9 Å².